The molecular formula is C15H19F3N4. The summed E-state index contributed by atoms with van der Waals surface area (Å²) >= 11 is 0. The van der Waals surface area contributed by atoms with Crippen molar-refractivity contribution in [1.82, 2.24) is 19.8 Å². The molecular weight excluding hydrogens is 293 g/mol. The van der Waals surface area contributed by atoms with Gasteiger partial charge in [0.25, 0.3) is 0 Å². The average Bonchev–Trinajstić information content (AvgIpc) is 2.87. The maximum atomic E-state index is 13.3. The van der Waals surface area contributed by atoms with E-state index < -0.39 is 11.9 Å². The van der Waals surface area contributed by atoms with Crippen LogP contribution in [0.1, 0.15) is 18.2 Å². The summed E-state index contributed by atoms with van der Waals surface area (Å²) in [6, 6.07) is 3.38. The van der Waals surface area contributed by atoms with Crippen LogP contribution < -0.4 is 0 Å². The van der Waals surface area contributed by atoms with Crippen molar-refractivity contribution in [2.45, 2.75) is 19.6 Å². The van der Waals surface area contributed by atoms with Crippen LogP contribution in [0.15, 0.2) is 18.3 Å². The van der Waals surface area contributed by atoms with Gasteiger partial charge in [0.2, 0.25) is 0 Å². The summed E-state index contributed by atoms with van der Waals surface area (Å²) in [5, 5.41) is 0.563. The zero-order chi connectivity index (χ0) is 15.7. The minimum absolute atomic E-state index is 0.303. The van der Waals surface area contributed by atoms with Gasteiger partial charge in [0.1, 0.15) is 11.3 Å². The van der Waals surface area contributed by atoms with Crippen molar-refractivity contribution >= 4 is 11.0 Å². The number of aromatic nitrogens is 2. The Balaban J connectivity index is 1.89. The van der Waals surface area contributed by atoms with Crippen LogP contribution in [0, 0.1) is 0 Å². The van der Waals surface area contributed by atoms with Crippen LogP contribution in [0.25, 0.3) is 11.0 Å². The highest BCUT2D eigenvalue weighted by molar-refractivity contribution is 5.81. The lowest BCUT2D eigenvalue weighted by molar-refractivity contribution is -0.141. The molecule has 0 aromatic carbocycles. The molecule has 2 aromatic rings. The van der Waals surface area contributed by atoms with Gasteiger partial charge in [-0.3, -0.25) is 4.90 Å². The van der Waals surface area contributed by atoms with Crippen LogP contribution in [0.4, 0.5) is 13.2 Å². The molecule has 2 aromatic heterocycles. The molecule has 22 heavy (non-hydrogen) atoms. The van der Waals surface area contributed by atoms with Crippen LogP contribution in [0.5, 0.6) is 0 Å². The highest BCUT2D eigenvalue weighted by atomic mass is 19.4. The normalized spacial score (nSPS) is 18.2. The van der Waals surface area contributed by atoms with Crippen molar-refractivity contribution in [3.8, 4) is 0 Å². The third-order valence-corrected chi connectivity index (χ3v) is 4.26. The first-order valence-electron chi connectivity index (χ1n) is 7.46. The number of likely N-dealkylation sites (N-methyl/N-ethyl adjacent to an activating group) is 1. The second kappa shape index (κ2) is 5.89. The Morgan fingerprint density at radius 1 is 1.18 bits per heavy atom. The van der Waals surface area contributed by atoms with E-state index in [1.165, 1.54) is 6.20 Å². The van der Waals surface area contributed by atoms with Crippen molar-refractivity contribution in [3.63, 3.8) is 0 Å². The summed E-state index contributed by atoms with van der Waals surface area (Å²) in [5.74, 6) is 0. The number of halogens is 3. The number of alkyl halides is 3. The quantitative estimate of drug-likeness (QED) is 0.946. The largest absolute Gasteiger partial charge is 0.431 e. The van der Waals surface area contributed by atoms with Gasteiger partial charge in [-0.1, -0.05) is 6.92 Å². The summed E-state index contributed by atoms with van der Waals surface area (Å²) in [4.78, 5) is 10.8. The summed E-state index contributed by atoms with van der Waals surface area (Å²) in [6.45, 7) is 6.77. The van der Waals surface area contributed by atoms with E-state index in [0.29, 0.717) is 23.1 Å². The van der Waals surface area contributed by atoms with Gasteiger partial charge in [0, 0.05) is 49.9 Å². The Hall–Kier alpha value is -1.60. The Kier molecular flexibility index (Phi) is 4.10. The molecule has 3 heterocycles. The molecule has 0 saturated carbocycles. The van der Waals surface area contributed by atoms with Crippen LogP contribution >= 0.6 is 0 Å². The van der Waals surface area contributed by atoms with E-state index in [4.69, 9.17) is 0 Å². The molecule has 1 saturated heterocycles. The lowest BCUT2D eigenvalue weighted by Crippen LogP contribution is -2.45. The standard InChI is InChI=1S/C15H19F3N4/c1-2-21-6-8-22(9-7-21)10-12-11-4-3-5-19-14(11)20-13(12)15(16,17)18/h3-5H,2,6-10H2,1H3,(H,19,20). The first kappa shape index (κ1) is 15.3. The fourth-order valence-electron chi connectivity index (χ4n) is 2.97. The fourth-order valence-corrected chi connectivity index (χ4v) is 2.97. The number of aromatic amines is 1. The zero-order valence-electron chi connectivity index (χ0n) is 12.5. The maximum Gasteiger partial charge on any atom is 0.431 e. The molecule has 0 atom stereocenters. The minimum atomic E-state index is -4.39. The Bertz CT molecular complexity index is 642. The Labute approximate surface area is 126 Å². The van der Waals surface area contributed by atoms with E-state index in [1.807, 2.05) is 0 Å². The molecule has 0 amide bonds. The fraction of sp³-hybridized carbons (Fsp3) is 0.533. The molecule has 1 N–H and O–H groups in total. The molecule has 0 spiro atoms. The predicted molar refractivity (Wildman–Crippen MR) is 78.5 cm³/mol. The van der Waals surface area contributed by atoms with E-state index in [2.05, 4.69) is 26.7 Å². The van der Waals surface area contributed by atoms with Crippen LogP contribution in [-0.4, -0.2) is 52.5 Å². The van der Waals surface area contributed by atoms with Crippen molar-refractivity contribution in [2.75, 3.05) is 32.7 Å². The average molecular weight is 312 g/mol. The Morgan fingerprint density at radius 3 is 2.50 bits per heavy atom. The van der Waals surface area contributed by atoms with Crippen LogP contribution in [0.3, 0.4) is 0 Å². The SMILES string of the molecule is CCN1CCN(Cc2c(C(F)(F)F)[nH]c3ncccc23)CC1. The molecule has 7 heteroatoms. The molecule has 4 nitrogen and oxygen atoms in total. The zero-order valence-corrected chi connectivity index (χ0v) is 12.5. The first-order chi connectivity index (χ1) is 10.5. The molecule has 1 fully saturated rings. The highest BCUT2D eigenvalue weighted by Gasteiger charge is 2.37. The van der Waals surface area contributed by atoms with Gasteiger partial charge in [-0.05, 0) is 18.7 Å². The second-order valence-corrected chi connectivity index (χ2v) is 5.59. The topological polar surface area (TPSA) is 35.2 Å². The molecule has 0 bridgehead atoms. The summed E-state index contributed by atoms with van der Waals surface area (Å²) < 4.78 is 39.8. The molecule has 1 aliphatic heterocycles. The van der Waals surface area contributed by atoms with Crippen molar-refractivity contribution < 1.29 is 13.2 Å². The smallest absolute Gasteiger partial charge is 0.335 e. The third-order valence-electron chi connectivity index (χ3n) is 4.26. The third kappa shape index (κ3) is 2.96. The minimum Gasteiger partial charge on any atom is -0.335 e. The van der Waals surface area contributed by atoms with Crippen molar-refractivity contribution in [2.24, 2.45) is 0 Å². The van der Waals surface area contributed by atoms with Gasteiger partial charge in [0.05, 0.1) is 0 Å². The maximum absolute atomic E-state index is 13.3. The monoisotopic (exact) mass is 312 g/mol. The van der Waals surface area contributed by atoms with Crippen molar-refractivity contribution in [1.29, 1.82) is 0 Å². The number of piperazine rings is 1. The molecule has 120 valence electrons. The van der Waals surface area contributed by atoms with Crippen molar-refractivity contribution in [3.05, 3.63) is 29.6 Å². The number of pyridine rings is 1. The molecule has 0 radical (unpaired) electrons. The van der Waals surface area contributed by atoms with Crippen LogP contribution in [0.2, 0.25) is 0 Å². The molecule has 1 aliphatic rings. The number of rotatable bonds is 3. The van der Waals surface area contributed by atoms with Gasteiger partial charge in [-0.2, -0.15) is 13.2 Å². The molecule has 0 unspecified atom stereocenters. The lowest BCUT2D eigenvalue weighted by Gasteiger charge is -2.34. The number of nitrogens with one attached hydrogen (secondary N) is 1. The van der Waals surface area contributed by atoms with E-state index in [0.717, 1.165) is 32.7 Å². The Morgan fingerprint density at radius 2 is 1.86 bits per heavy atom. The number of fused-ring (bicyclic) bond motifs is 1. The van der Waals surface area contributed by atoms with Gasteiger partial charge in [0.15, 0.2) is 0 Å². The van der Waals surface area contributed by atoms with E-state index in [-0.39, 0.29) is 0 Å². The summed E-state index contributed by atoms with van der Waals surface area (Å²) in [5.41, 5.74) is -0.0586. The number of nitrogens with zero attached hydrogens (tertiary/aromatic N) is 3. The van der Waals surface area contributed by atoms with E-state index in [1.54, 1.807) is 12.1 Å². The van der Waals surface area contributed by atoms with Gasteiger partial charge in [-0.25, -0.2) is 4.98 Å². The second-order valence-electron chi connectivity index (χ2n) is 5.59. The van der Waals surface area contributed by atoms with E-state index >= 15 is 0 Å². The number of H-pyrrole nitrogens is 1. The molecule has 0 aliphatic carbocycles. The number of hydrogen-bond donors (Lipinski definition) is 1. The summed E-state index contributed by atoms with van der Waals surface area (Å²) in [7, 11) is 0. The van der Waals surface area contributed by atoms with Gasteiger partial charge < -0.3 is 9.88 Å². The first-order valence-corrected chi connectivity index (χ1v) is 7.46. The van der Waals surface area contributed by atoms with Gasteiger partial charge in [-0.15, -0.1) is 0 Å². The molecule has 3 rings (SSSR count). The number of hydrogen-bond acceptors (Lipinski definition) is 3. The predicted octanol–water partition coefficient (Wildman–Crippen LogP) is 2.72. The summed E-state index contributed by atoms with van der Waals surface area (Å²) in [6.07, 6.45) is -2.88. The van der Waals surface area contributed by atoms with Crippen LogP contribution in [-0.2, 0) is 12.7 Å². The lowest BCUT2D eigenvalue weighted by atomic mass is 10.1. The highest BCUT2D eigenvalue weighted by Crippen LogP contribution is 2.35. The van der Waals surface area contributed by atoms with E-state index in [9.17, 15) is 13.2 Å². The van der Waals surface area contributed by atoms with Gasteiger partial charge >= 0.3 is 6.18 Å².